The highest BCUT2D eigenvalue weighted by Gasteiger charge is 2.11. The molecule has 1 rings (SSSR count). The second-order valence-corrected chi connectivity index (χ2v) is 3.84. The second-order valence-electron chi connectivity index (χ2n) is 3.84. The average molecular weight is 196 g/mol. The van der Waals surface area contributed by atoms with Crippen LogP contribution in [0.1, 0.15) is 29.6 Å². The van der Waals surface area contributed by atoms with E-state index in [1.807, 2.05) is 13.8 Å². The molecule has 80 valence electrons. The molecule has 3 N–H and O–H groups in total. The van der Waals surface area contributed by atoms with Crippen molar-refractivity contribution in [1.82, 2.24) is 5.32 Å². The highest BCUT2D eigenvalue weighted by molar-refractivity contribution is 5.31. The van der Waals surface area contributed by atoms with Crippen molar-refractivity contribution in [3.05, 3.63) is 22.6 Å². The van der Waals surface area contributed by atoms with Gasteiger partial charge in [0.05, 0.1) is 0 Å². The molecule has 0 radical (unpaired) electrons. The van der Waals surface area contributed by atoms with Crippen molar-refractivity contribution in [2.75, 3.05) is 6.54 Å². The van der Waals surface area contributed by atoms with Gasteiger partial charge in [0, 0.05) is 24.7 Å². The summed E-state index contributed by atoms with van der Waals surface area (Å²) < 4.78 is 5.54. The Hall–Kier alpha value is -0.800. The van der Waals surface area contributed by atoms with Crippen molar-refractivity contribution < 1.29 is 4.42 Å². The molecule has 1 heterocycles. The van der Waals surface area contributed by atoms with Crippen LogP contribution in [0.2, 0.25) is 0 Å². The molecule has 0 unspecified atom stereocenters. The van der Waals surface area contributed by atoms with Gasteiger partial charge in [0.15, 0.2) is 0 Å². The Morgan fingerprint density at radius 1 is 1.29 bits per heavy atom. The number of furan rings is 1. The van der Waals surface area contributed by atoms with Gasteiger partial charge < -0.3 is 15.5 Å². The van der Waals surface area contributed by atoms with Crippen molar-refractivity contribution in [3.8, 4) is 0 Å². The maximum atomic E-state index is 5.54. The molecule has 0 saturated heterocycles. The molecule has 3 heteroatoms. The molecule has 0 aliphatic rings. The molecule has 1 aromatic heterocycles. The summed E-state index contributed by atoms with van der Waals surface area (Å²) in [6.45, 7) is 9.68. The fourth-order valence-corrected chi connectivity index (χ4v) is 1.46. The molecule has 0 aromatic carbocycles. The molecule has 0 saturated carbocycles. The minimum Gasteiger partial charge on any atom is -0.466 e. The van der Waals surface area contributed by atoms with Crippen LogP contribution in [0.25, 0.3) is 0 Å². The van der Waals surface area contributed by atoms with Crippen LogP contribution in [-0.2, 0) is 6.54 Å². The molecule has 0 amide bonds. The number of rotatable bonds is 4. The molecule has 1 atom stereocenters. The molecule has 14 heavy (non-hydrogen) atoms. The Balaban J connectivity index is 2.67. The number of hydrogen-bond donors (Lipinski definition) is 2. The standard InChI is InChI=1S/C11H20N2O/c1-7(5-12)13-6-11-8(2)9(3)14-10(11)4/h7,13H,5-6,12H2,1-4H3/t7-/m1/s1. The van der Waals surface area contributed by atoms with Gasteiger partial charge in [0.1, 0.15) is 11.5 Å². The van der Waals surface area contributed by atoms with Gasteiger partial charge in [-0.25, -0.2) is 0 Å². The van der Waals surface area contributed by atoms with E-state index >= 15 is 0 Å². The van der Waals surface area contributed by atoms with E-state index in [2.05, 4.69) is 19.2 Å². The Morgan fingerprint density at radius 2 is 1.93 bits per heavy atom. The fraction of sp³-hybridized carbons (Fsp3) is 0.636. The van der Waals surface area contributed by atoms with Crippen molar-refractivity contribution in [1.29, 1.82) is 0 Å². The van der Waals surface area contributed by atoms with Gasteiger partial charge in [-0.3, -0.25) is 0 Å². The molecular weight excluding hydrogens is 176 g/mol. The minimum absolute atomic E-state index is 0.351. The third-order valence-corrected chi connectivity index (χ3v) is 2.69. The topological polar surface area (TPSA) is 51.2 Å². The summed E-state index contributed by atoms with van der Waals surface area (Å²) in [6.07, 6.45) is 0. The maximum Gasteiger partial charge on any atom is 0.105 e. The van der Waals surface area contributed by atoms with Crippen molar-refractivity contribution in [2.24, 2.45) is 5.73 Å². The monoisotopic (exact) mass is 196 g/mol. The molecule has 1 aromatic rings. The first-order chi connectivity index (χ1) is 6.56. The molecule has 0 aliphatic heterocycles. The van der Waals surface area contributed by atoms with Gasteiger partial charge in [-0.2, -0.15) is 0 Å². The van der Waals surface area contributed by atoms with E-state index in [9.17, 15) is 0 Å². The van der Waals surface area contributed by atoms with Gasteiger partial charge in [-0.05, 0) is 33.3 Å². The third-order valence-electron chi connectivity index (χ3n) is 2.69. The van der Waals surface area contributed by atoms with Crippen LogP contribution in [0.5, 0.6) is 0 Å². The smallest absolute Gasteiger partial charge is 0.105 e. The average Bonchev–Trinajstić information content (AvgIpc) is 2.39. The highest BCUT2D eigenvalue weighted by Crippen LogP contribution is 2.20. The lowest BCUT2D eigenvalue weighted by molar-refractivity contribution is 0.493. The number of nitrogens with one attached hydrogen (secondary N) is 1. The largest absolute Gasteiger partial charge is 0.466 e. The van der Waals surface area contributed by atoms with Crippen LogP contribution in [0, 0.1) is 20.8 Å². The predicted octanol–water partition coefficient (Wildman–Crippen LogP) is 1.64. The summed E-state index contributed by atoms with van der Waals surface area (Å²) in [5.74, 6) is 2.02. The molecule has 0 spiro atoms. The lowest BCUT2D eigenvalue weighted by Gasteiger charge is -2.10. The predicted molar refractivity (Wildman–Crippen MR) is 58.3 cm³/mol. The first-order valence-electron chi connectivity index (χ1n) is 5.05. The lowest BCUT2D eigenvalue weighted by Crippen LogP contribution is -2.32. The summed E-state index contributed by atoms with van der Waals surface area (Å²) >= 11 is 0. The van der Waals surface area contributed by atoms with Crippen molar-refractivity contribution in [3.63, 3.8) is 0 Å². The zero-order valence-corrected chi connectivity index (χ0v) is 9.48. The third kappa shape index (κ3) is 2.36. The van der Waals surface area contributed by atoms with E-state index in [1.54, 1.807) is 0 Å². The summed E-state index contributed by atoms with van der Waals surface area (Å²) in [5.41, 5.74) is 8.05. The van der Waals surface area contributed by atoms with E-state index in [-0.39, 0.29) is 0 Å². The zero-order valence-electron chi connectivity index (χ0n) is 9.48. The Morgan fingerprint density at radius 3 is 2.36 bits per heavy atom. The van der Waals surface area contributed by atoms with E-state index in [0.717, 1.165) is 18.1 Å². The quantitative estimate of drug-likeness (QED) is 0.769. The maximum absolute atomic E-state index is 5.54. The van der Waals surface area contributed by atoms with Gasteiger partial charge >= 0.3 is 0 Å². The van der Waals surface area contributed by atoms with Crippen LogP contribution < -0.4 is 11.1 Å². The van der Waals surface area contributed by atoms with E-state index < -0.39 is 0 Å². The van der Waals surface area contributed by atoms with Gasteiger partial charge in [0.25, 0.3) is 0 Å². The number of aryl methyl sites for hydroxylation is 2. The zero-order chi connectivity index (χ0) is 10.7. The summed E-state index contributed by atoms with van der Waals surface area (Å²) in [4.78, 5) is 0. The summed E-state index contributed by atoms with van der Waals surface area (Å²) in [5, 5.41) is 3.36. The Labute approximate surface area is 85.7 Å². The van der Waals surface area contributed by atoms with E-state index in [1.165, 1.54) is 11.1 Å². The number of hydrogen-bond acceptors (Lipinski definition) is 3. The van der Waals surface area contributed by atoms with Crippen LogP contribution in [0.4, 0.5) is 0 Å². The molecule has 3 nitrogen and oxygen atoms in total. The van der Waals surface area contributed by atoms with E-state index in [4.69, 9.17) is 10.2 Å². The van der Waals surface area contributed by atoms with E-state index in [0.29, 0.717) is 12.6 Å². The minimum atomic E-state index is 0.351. The Bertz CT molecular complexity index is 304. The van der Waals surface area contributed by atoms with Crippen LogP contribution in [0.3, 0.4) is 0 Å². The molecule has 0 fully saturated rings. The first kappa shape index (κ1) is 11.3. The van der Waals surface area contributed by atoms with Gasteiger partial charge in [-0.1, -0.05) is 0 Å². The first-order valence-corrected chi connectivity index (χ1v) is 5.05. The van der Waals surface area contributed by atoms with Crippen molar-refractivity contribution in [2.45, 2.75) is 40.3 Å². The Kier molecular flexibility index (Phi) is 3.72. The van der Waals surface area contributed by atoms with Crippen molar-refractivity contribution >= 4 is 0 Å². The van der Waals surface area contributed by atoms with Crippen LogP contribution >= 0.6 is 0 Å². The molecule has 0 aliphatic carbocycles. The second kappa shape index (κ2) is 4.62. The lowest BCUT2D eigenvalue weighted by atomic mass is 10.1. The summed E-state index contributed by atoms with van der Waals surface area (Å²) in [7, 11) is 0. The highest BCUT2D eigenvalue weighted by atomic mass is 16.3. The molecule has 0 bridgehead atoms. The van der Waals surface area contributed by atoms with Crippen LogP contribution in [-0.4, -0.2) is 12.6 Å². The molecular formula is C11H20N2O. The van der Waals surface area contributed by atoms with Gasteiger partial charge in [-0.15, -0.1) is 0 Å². The van der Waals surface area contributed by atoms with Crippen LogP contribution in [0.15, 0.2) is 4.42 Å². The van der Waals surface area contributed by atoms with Gasteiger partial charge in [0.2, 0.25) is 0 Å². The SMILES string of the molecule is Cc1oc(C)c(CN[C@H](C)CN)c1C. The fourth-order valence-electron chi connectivity index (χ4n) is 1.46. The normalized spacial score (nSPS) is 13.2. The summed E-state index contributed by atoms with van der Waals surface area (Å²) in [6, 6.07) is 0.351. The number of nitrogens with two attached hydrogens (primary N) is 1.